The maximum absolute atomic E-state index is 13.0. The van der Waals surface area contributed by atoms with Crippen molar-refractivity contribution in [3.63, 3.8) is 0 Å². The van der Waals surface area contributed by atoms with Crippen LogP contribution in [-0.4, -0.2) is 21.1 Å². The van der Waals surface area contributed by atoms with Gasteiger partial charge in [0.2, 0.25) is 0 Å². The van der Waals surface area contributed by atoms with Crippen LogP contribution in [0.25, 0.3) is 22.4 Å². The third-order valence-electron chi connectivity index (χ3n) is 3.10. The minimum atomic E-state index is -0.594. The van der Waals surface area contributed by atoms with Crippen LogP contribution in [0.1, 0.15) is 10.5 Å². The van der Waals surface area contributed by atoms with Crippen LogP contribution in [0.15, 0.2) is 48.8 Å². The Labute approximate surface area is 119 Å². The van der Waals surface area contributed by atoms with Crippen LogP contribution in [0, 0.1) is 5.82 Å². The third kappa shape index (κ3) is 2.51. The fourth-order valence-electron chi connectivity index (χ4n) is 2.07. The van der Waals surface area contributed by atoms with Crippen LogP contribution in [0.3, 0.4) is 0 Å². The van der Waals surface area contributed by atoms with Crippen molar-refractivity contribution >= 4 is 5.91 Å². The Balaban J connectivity index is 2.08. The Hall–Kier alpha value is -3.02. The molecule has 3 rings (SSSR count). The molecule has 0 bridgehead atoms. The van der Waals surface area contributed by atoms with Gasteiger partial charge in [0.1, 0.15) is 11.5 Å². The molecule has 1 amide bonds. The van der Waals surface area contributed by atoms with Gasteiger partial charge in [-0.2, -0.15) is 5.10 Å². The second kappa shape index (κ2) is 5.16. The lowest BCUT2D eigenvalue weighted by molar-refractivity contribution is 0.0995. The van der Waals surface area contributed by atoms with Crippen molar-refractivity contribution in [1.29, 1.82) is 0 Å². The van der Waals surface area contributed by atoms with Gasteiger partial charge in [0.25, 0.3) is 5.91 Å². The molecule has 0 unspecified atom stereocenters. The molecule has 2 heterocycles. The zero-order chi connectivity index (χ0) is 14.8. The number of halogens is 1. The maximum atomic E-state index is 13.0. The topological polar surface area (TPSA) is 84.7 Å². The van der Waals surface area contributed by atoms with Gasteiger partial charge in [-0.25, -0.2) is 4.39 Å². The first-order chi connectivity index (χ1) is 10.1. The predicted octanol–water partition coefficient (Wildman–Crippen LogP) is 2.38. The number of carbonyl (C=O) groups excluding carboxylic acids is 1. The summed E-state index contributed by atoms with van der Waals surface area (Å²) < 4.78 is 13.0. The van der Waals surface area contributed by atoms with Gasteiger partial charge in [-0.3, -0.25) is 14.9 Å². The van der Waals surface area contributed by atoms with E-state index < -0.39 is 5.91 Å². The highest BCUT2D eigenvalue weighted by Crippen LogP contribution is 2.30. The van der Waals surface area contributed by atoms with Crippen LogP contribution in [-0.2, 0) is 0 Å². The van der Waals surface area contributed by atoms with Gasteiger partial charge < -0.3 is 5.73 Å². The fourth-order valence-corrected chi connectivity index (χ4v) is 2.07. The molecule has 2 aromatic heterocycles. The number of nitrogens with zero attached hydrogens (tertiary/aromatic N) is 2. The van der Waals surface area contributed by atoms with Crippen molar-refractivity contribution in [2.75, 3.05) is 0 Å². The molecule has 21 heavy (non-hydrogen) atoms. The van der Waals surface area contributed by atoms with Gasteiger partial charge in [0, 0.05) is 17.3 Å². The molecular formula is C15H11FN4O. The molecule has 0 saturated carbocycles. The van der Waals surface area contributed by atoms with Crippen molar-refractivity contribution in [2.24, 2.45) is 5.73 Å². The Bertz CT molecular complexity index is 795. The molecule has 0 radical (unpaired) electrons. The Morgan fingerprint density at radius 2 is 1.90 bits per heavy atom. The third-order valence-corrected chi connectivity index (χ3v) is 3.10. The molecule has 104 valence electrons. The minimum Gasteiger partial charge on any atom is -0.364 e. The zero-order valence-corrected chi connectivity index (χ0v) is 10.9. The number of amides is 1. The number of carbonyl (C=O) groups is 1. The van der Waals surface area contributed by atoms with Crippen LogP contribution >= 0.6 is 0 Å². The summed E-state index contributed by atoms with van der Waals surface area (Å²) in [4.78, 5) is 15.1. The highest BCUT2D eigenvalue weighted by Gasteiger charge is 2.12. The molecule has 1 aromatic carbocycles. The summed E-state index contributed by atoms with van der Waals surface area (Å²) in [6, 6.07) is 9.41. The van der Waals surface area contributed by atoms with Crippen molar-refractivity contribution in [3.8, 4) is 22.4 Å². The van der Waals surface area contributed by atoms with Crippen LogP contribution < -0.4 is 5.73 Å². The number of rotatable bonds is 3. The molecular weight excluding hydrogens is 271 g/mol. The van der Waals surface area contributed by atoms with Crippen molar-refractivity contribution in [2.45, 2.75) is 0 Å². The second-order valence-electron chi connectivity index (χ2n) is 4.46. The first-order valence-corrected chi connectivity index (χ1v) is 6.20. The SMILES string of the molecule is NC(=O)c1cc(-c2cn[nH]c2-c2ccc(F)cc2)ccn1. The van der Waals surface area contributed by atoms with Gasteiger partial charge in [0.05, 0.1) is 11.9 Å². The monoisotopic (exact) mass is 282 g/mol. The molecule has 5 nitrogen and oxygen atoms in total. The quantitative estimate of drug-likeness (QED) is 0.773. The number of aromatic nitrogens is 3. The van der Waals surface area contributed by atoms with Gasteiger partial charge in [-0.1, -0.05) is 0 Å². The minimum absolute atomic E-state index is 0.179. The maximum Gasteiger partial charge on any atom is 0.267 e. The van der Waals surface area contributed by atoms with Crippen molar-refractivity contribution < 1.29 is 9.18 Å². The van der Waals surface area contributed by atoms with E-state index in [9.17, 15) is 9.18 Å². The van der Waals surface area contributed by atoms with Gasteiger partial charge in [-0.05, 0) is 42.0 Å². The molecule has 6 heteroatoms. The second-order valence-corrected chi connectivity index (χ2v) is 4.46. The lowest BCUT2D eigenvalue weighted by Crippen LogP contribution is -2.12. The number of nitrogens with two attached hydrogens (primary N) is 1. The summed E-state index contributed by atoms with van der Waals surface area (Å²) in [5.41, 5.74) is 8.48. The molecule has 0 aliphatic carbocycles. The van der Waals surface area contributed by atoms with Crippen molar-refractivity contribution in [3.05, 3.63) is 60.3 Å². The fraction of sp³-hybridized carbons (Fsp3) is 0. The van der Waals surface area contributed by atoms with E-state index >= 15 is 0 Å². The van der Waals surface area contributed by atoms with Crippen molar-refractivity contribution in [1.82, 2.24) is 15.2 Å². The zero-order valence-electron chi connectivity index (χ0n) is 10.9. The molecule has 0 aliphatic heterocycles. The standard InChI is InChI=1S/C15H11FN4O/c16-11-3-1-9(2-4-11)14-12(8-19-20-14)10-5-6-18-13(7-10)15(17)21/h1-8H,(H2,17,21)(H,19,20). The van der Waals surface area contributed by atoms with Gasteiger partial charge >= 0.3 is 0 Å². The van der Waals surface area contributed by atoms with Crippen LogP contribution in [0.2, 0.25) is 0 Å². The lowest BCUT2D eigenvalue weighted by atomic mass is 10.0. The average molecular weight is 282 g/mol. The van der Waals surface area contributed by atoms with Crippen LogP contribution in [0.4, 0.5) is 4.39 Å². The first-order valence-electron chi connectivity index (χ1n) is 6.20. The normalized spacial score (nSPS) is 10.5. The summed E-state index contributed by atoms with van der Waals surface area (Å²) in [7, 11) is 0. The number of hydrogen-bond acceptors (Lipinski definition) is 3. The highest BCUT2D eigenvalue weighted by molar-refractivity contribution is 5.92. The molecule has 3 N–H and O–H groups in total. The van der Waals surface area contributed by atoms with E-state index in [0.29, 0.717) is 0 Å². The molecule has 0 saturated heterocycles. The Kier molecular flexibility index (Phi) is 3.19. The van der Waals surface area contributed by atoms with E-state index in [4.69, 9.17) is 5.73 Å². The number of pyridine rings is 1. The summed E-state index contributed by atoms with van der Waals surface area (Å²) in [6.45, 7) is 0. The predicted molar refractivity (Wildman–Crippen MR) is 75.7 cm³/mol. The number of benzene rings is 1. The summed E-state index contributed by atoms with van der Waals surface area (Å²) in [5.74, 6) is -0.900. The summed E-state index contributed by atoms with van der Waals surface area (Å²) in [6.07, 6.45) is 3.15. The van der Waals surface area contributed by atoms with E-state index in [1.807, 2.05) is 0 Å². The first kappa shape index (κ1) is 13.0. The molecule has 0 aliphatic rings. The smallest absolute Gasteiger partial charge is 0.267 e. The molecule has 0 atom stereocenters. The van der Waals surface area contributed by atoms with E-state index in [0.717, 1.165) is 22.4 Å². The summed E-state index contributed by atoms with van der Waals surface area (Å²) >= 11 is 0. The number of H-pyrrole nitrogens is 1. The van der Waals surface area contributed by atoms with E-state index in [2.05, 4.69) is 15.2 Å². The van der Waals surface area contributed by atoms with Gasteiger partial charge in [-0.15, -0.1) is 0 Å². The highest BCUT2D eigenvalue weighted by atomic mass is 19.1. The Morgan fingerprint density at radius 3 is 2.62 bits per heavy atom. The van der Waals surface area contributed by atoms with E-state index in [1.165, 1.54) is 18.3 Å². The number of hydrogen-bond donors (Lipinski definition) is 2. The van der Waals surface area contributed by atoms with Gasteiger partial charge in [0.15, 0.2) is 0 Å². The van der Waals surface area contributed by atoms with E-state index in [1.54, 1.807) is 30.5 Å². The van der Waals surface area contributed by atoms with Crippen LogP contribution in [0.5, 0.6) is 0 Å². The largest absolute Gasteiger partial charge is 0.364 e. The Morgan fingerprint density at radius 1 is 1.14 bits per heavy atom. The number of aromatic amines is 1. The molecule has 0 fully saturated rings. The molecule has 0 spiro atoms. The van der Waals surface area contributed by atoms with E-state index in [-0.39, 0.29) is 11.5 Å². The lowest BCUT2D eigenvalue weighted by Gasteiger charge is -2.04. The summed E-state index contributed by atoms with van der Waals surface area (Å²) in [5, 5.41) is 6.90. The average Bonchev–Trinajstić information content (AvgIpc) is 2.97. The number of nitrogens with one attached hydrogen (secondary N) is 1. The number of primary amides is 1. The molecule has 3 aromatic rings.